The number of nitrogens with zero attached hydrogens (tertiary/aromatic N) is 3. The molecule has 35 heavy (non-hydrogen) atoms. The summed E-state index contributed by atoms with van der Waals surface area (Å²) < 4.78 is 5.18. The lowest BCUT2D eigenvalue weighted by atomic mass is 10.1. The first-order valence-corrected chi connectivity index (χ1v) is 11.7. The molecule has 3 aromatic rings. The Kier molecular flexibility index (Phi) is 10.4. The highest BCUT2D eigenvalue weighted by Gasteiger charge is 2.18. The standard InChI is InChI=1S/C26H24ClN3O3.C2H6/c1-5-9-20(17(4)31)25-29-23(28-24(30-25)19-11-8-7-10-16(19)3)18-12-13-21(22(27)15-18)26(32)33-14-6-2;1-2/h5,7-13,15,31H,1,4,6,14H2,2-3H3;1-2H3/b20-9+;. The topological polar surface area (TPSA) is 85.2 Å². The van der Waals surface area contributed by atoms with Crippen LogP contribution in [0.25, 0.3) is 28.3 Å². The van der Waals surface area contributed by atoms with Crippen LogP contribution in [0.5, 0.6) is 0 Å². The van der Waals surface area contributed by atoms with Crippen LogP contribution < -0.4 is 0 Å². The number of benzene rings is 2. The van der Waals surface area contributed by atoms with Crippen LogP contribution in [0.1, 0.15) is 48.9 Å². The molecule has 0 amide bonds. The van der Waals surface area contributed by atoms with Crippen LogP contribution in [-0.2, 0) is 4.74 Å². The number of aliphatic hydroxyl groups is 1. The van der Waals surface area contributed by atoms with Crippen LogP contribution in [-0.4, -0.2) is 32.6 Å². The van der Waals surface area contributed by atoms with Crippen molar-refractivity contribution in [1.29, 1.82) is 0 Å². The largest absolute Gasteiger partial charge is 0.508 e. The summed E-state index contributed by atoms with van der Waals surface area (Å²) in [5, 5.41) is 10.3. The van der Waals surface area contributed by atoms with Crippen LogP contribution >= 0.6 is 11.6 Å². The molecule has 0 aliphatic heterocycles. The number of rotatable bonds is 8. The number of hydrogen-bond donors (Lipinski definition) is 1. The molecule has 0 spiro atoms. The molecule has 0 aliphatic rings. The maximum Gasteiger partial charge on any atom is 0.339 e. The van der Waals surface area contributed by atoms with Crippen molar-refractivity contribution in [3.05, 3.63) is 95.5 Å². The van der Waals surface area contributed by atoms with E-state index in [0.29, 0.717) is 35.8 Å². The molecule has 1 aromatic heterocycles. The van der Waals surface area contributed by atoms with Gasteiger partial charge < -0.3 is 9.84 Å². The van der Waals surface area contributed by atoms with Gasteiger partial charge in [0.25, 0.3) is 0 Å². The van der Waals surface area contributed by atoms with Gasteiger partial charge in [-0.1, -0.05) is 81.9 Å². The molecule has 0 radical (unpaired) electrons. The molecule has 0 saturated heterocycles. The molecule has 0 fully saturated rings. The van der Waals surface area contributed by atoms with Gasteiger partial charge in [-0.2, -0.15) is 0 Å². The molecule has 0 unspecified atom stereocenters. The Labute approximate surface area is 211 Å². The molecule has 0 bridgehead atoms. The van der Waals surface area contributed by atoms with E-state index in [1.54, 1.807) is 24.3 Å². The Morgan fingerprint density at radius 1 is 1.11 bits per heavy atom. The predicted molar refractivity (Wildman–Crippen MR) is 142 cm³/mol. The van der Waals surface area contributed by atoms with Crippen molar-refractivity contribution in [2.24, 2.45) is 0 Å². The lowest BCUT2D eigenvalue weighted by molar-refractivity contribution is 0.0505. The van der Waals surface area contributed by atoms with Gasteiger partial charge in [0.1, 0.15) is 5.76 Å². The van der Waals surface area contributed by atoms with Crippen LogP contribution in [0.2, 0.25) is 5.02 Å². The lowest BCUT2D eigenvalue weighted by Gasteiger charge is -2.12. The first-order chi connectivity index (χ1) is 16.8. The lowest BCUT2D eigenvalue weighted by Crippen LogP contribution is -2.07. The van der Waals surface area contributed by atoms with Gasteiger partial charge >= 0.3 is 5.97 Å². The molecular formula is C28H30ClN3O3. The Bertz CT molecular complexity index is 1250. The highest BCUT2D eigenvalue weighted by molar-refractivity contribution is 6.33. The maximum atomic E-state index is 12.2. The monoisotopic (exact) mass is 491 g/mol. The Morgan fingerprint density at radius 3 is 2.40 bits per heavy atom. The number of esters is 1. The van der Waals surface area contributed by atoms with Crippen LogP contribution in [0.3, 0.4) is 0 Å². The van der Waals surface area contributed by atoms with Gasteiger partial charge in [0.2, 0.25) is 0 Å². The maximum absolute atomic E-state index is 12.2. The van der Waals surface area contributed by atoms with E-state index in [1.807, 2.05) is 52.0 Å². The van der Waals surface area contributed by atoms with Gasteiger partial charge in [-0.25, -0.2) is 19.7 Å². The first-order valence-electron chi connectivity index (χ1n) is 11.4. The molecule has 1 N–H and O–H groups in total. The number of carbonyl (C=O) groups is 1. The minimum atomic E-state index is -0.488. The normalized spacial score (nSPS) is 10.7. The van der Waals surface area contributed by atoms with Gasteiger partial charge in [-0.15, -0.1) is 0 Å². The number of allylic oxidation sites excluding steroid dienone is 3. The minimum Gasteiger partial charge on any atom is -0.508 e. The van der Waals surface area contributed by atoms with Crippen molar-refractivity contribution in [3.8, 4) is 22.8 Å². The molecule has 182 valence electrons. The number of aryl methyl sites for hydroxylation is 1. The molecule has 0 aliphatic carbocycles. The Hall–Kier alpha value is -3.77. The Balaban J connectivity index is 0.00000210. The van der Waals surface area contributed by atoms with Crippen LogP contribution in [0.4, 0.5) is 0 Å². The summed E-state index contributed by atoms with van der Waals surface area (Å²) >= 11 is 6.39. The van der Waals surface area contributed by atoms with Crippen molar-refractivity contribution in [3.63, 3.8) is 0 Å². The second kappa shape index (κ2) is 13.2. The average Bonchev–Trinajstić information content (AvgIpc) is 2.86. The molecule has 0 atom stereocenters. The number of aromatic nitrogens is 3. The van der Waals surface area contributed by atoms with Gasteiger partial charge in [0.05, 0.1) is 22.8 Å². The SMILES string of the molecule is C=C/C=C(\C(=C)O)c1nc(-c2ccc(C(=O)OCCC)c(Cl)c2)nc(-c2ccccc2C)n1.CC. The number of aliphatic hydroxyl groups excluding tert-OH is 1. The number of hydrogen-bond acceptors (Lipinski definition) is 6. The zero-order valence-electron chi connectivity index (χ0n) is 20.5. The zero-order chi connectivity index (χ0) is 26.0. The average molecular weight is 492 g/mol. The molecule has 1 heterocycles. The van der Waals surface area contributed by atoms with E-state index in [1.165, 1.54) is 6.08 Å². The number of halogens is 1. The summed E-state index contributed by atoms with van der Waals surface area (Å²) in [5.41, 5.74) is 2.94. The van der Waals surface area contributed by atoms with Crippen molar-refractivity contribution in [2.75, 3.05) is 6.61 Å². The molecule has 6 nitrogen and oxygen atoms in total. The van der Waals surface area contributed by atoms with Gasteiger partial charge in [0, 0.05) is 11.1 Å². The van der Waals surface area contributed by atoms with Gasteiger partial charge in [-0.3, -0.25) is 0 Å². The van der Waals surface area contributed by atoms with E-state index < -0.39 is 5.97 Å². The second-order valence-electron chi connectivity index (χ2n) is 7.21. The van der Waals surface area contributed by atoms with Crippen LogP contribution in [0, 0.1) is 6.92 Å². The molecule has 7 heteroatoms. The van der Waals surface area contributed by atoms with Crippen molar-refractivity contribution in [1.82, 2.24) is 15.0 Å². The van der Waals surface area contributed by atoms with Crippen molar-refractivity contribution < 1.29 is 14.6 Å². The minimum absolute atomic E-state index is 0.199. The molecule has 3 rings (SSSR count). The fraction of sp³-hybridized carbons (Fsp3) is 0.214. The Morgan fingerprint density at radius 2 is 1.80 bits per heavy atom. The quantitative estimate of drug-likeness (QED) is 0.201. The molecule has 0 saturated carbocycles. The van der Waals surface area contributed by atoms with Crippen LogP contribution in [0.15, 0.2) is 73.5 Å². The molecule has 2 aromatic carbocycles. The van der Waals surface area contributed by atoms with E-state index in [2.05, 4.69) is 28.1 Å². The summed E-state index contributed by atoms with van der Waals surface area (Å²) in [6.07, 6.45) is 3.80. The van der Waals surface area contributed by atoms with E-state index in [-0.39, 0.29) is 22.2 Å². The fourth-order valence-electron chi connectivity index (χ4n) is 3.08. The number of carbonyl (C=O) groups excluding carboxylic acids is 1. The summed E-state index contributed by atoms with van der Waals surface area (Å²) in [6, 6.07) is 12.6. The highest BCUT2D eigenvalue weighted by atomic mass is 35.5. The van der Waals surface area contributed by atoms with E-state index in [4.69, 9.17) is 16.3 Å². The summed E-state index contributed by atoms with van der Waals surface area (Å²) in [4.78, 5) is 26.0. The van der Waals surface area contributed by atoms with E-state index in [0.717, 1.165) is 11.1 Å². The number of ether oxygens (including phenoxy) is 1. The fourth-order valence-corrected chi connectivity index (χ4v) is 3.34. The van der Waals surface area contributed by atoms with Gasteiger partial charge in [0.15, 0.2) is 17.5 Å². The third-order valence-electron chi connectivity index (χ3n) is 4.74. The summed E-state index contributed by atoms with van der Waals surface area (Å²) in [7, 11) is 0. The third kappa shape index (κ3) is 6.87. The van der Waals surface area contributed by atoms with Gasteiger partial charge in [-0.05, 0) is 37.1 Å². The molecular weight excluding hydrogens is 462 g/mol. The second-order valence-corrected chi connectivity index (χ2v) is 7.62. The highest BCUT2D eigenvalue weighted by Crippen LogP contribution is 2.29. The van der Waals surface area contributed by atoms with Crippen molar-refractivity contribution >= 4 is 23.1 Å². The van der Waals surface area contributed by atoms with E-state index >= 15 is 0 Å². The van der Waals surface area contributed by atoms with Crippen molar-refractivity contribution in [2.45, 2.75) is 34.1 Å². The van der Waals surface area contributed by atoms with E-state index in [9.17, 15) is 9.90 Å². The predicted octanol–water partition coefficient (Wildman–Crippen LogP) is 7.40. The third-order valence-corrected chi connectivity index (χ3v) is 5.05. The smallest absolute Gasteiger partial charge is 0.339 e. The summed E-state index contributed by atoms with van der Waals surface area (Å²) in [6.45, 7) is 15.5. The first kappa shape index (κ1) is 27.5. The zero-order valence-corrected chi connectivity index (χ0v) is 21.3. The summed E-state index contributed by atoms with van der Waals surface area (Å²) in [5.74, 6) is 0.290.